The molecule has 0 amide bonds. The van der Waals surface area contributed by atoms with Crippen molar-refractivity contribution in [2.24, 2.45) is 7.05 Å². The first-order chi connectivity index (χ1) is 11.0. The molecule has 1 aromatic rings. The van der Waals surface area contributed by atoms with Gasteiger partial charge >= 0.3 is 0 Å². The van der Waals surface area contributed by atoms with E-state index in [1.165, 1.54) is 0 Å². The summed E-state index contributed by atoms with van der Waals surface area (Å²) in [6, 6.07) is 0.742. The number of ether oxygens (including phenoxy) is 1. The number of aryl methyl sites for hydroxylation is 1. The van der Waals surface area contributed by atoms with Crippen LogP contribution in [0.1, 0.15) is 38.7 Å². The molecule has 2 aliphatic heterocycles. The van der Waals surface area contributed by atoms with Gasteiger partial charge in [-0.3, -0.25) is 9.58 Å². The molecule has 1 unspecified atom stereocenters. The Kier molecular flexibility index (Phi) is 5.34. The van der Waals surface area contributed by atoms with Crippen LogP contribution < -0.4 is 5.32 Å². The van der Waals surface area contributed by atoms with Crippen molar-refractivity contribution >= 4 is 0 Å². The molecule has 0 spiro atoms. The topological polar surface area (TPSA) is 42.3 Å². The Morgan fingerprint density at radius 2 is 2.04 bits per heavy atom. The van der Waals surface area contributed by atoms with E-state index in [2.05, 4.69) is 29.2 Å². The van der Waals surface area contributed by atoms with Crippen molar-refractivity contribution in [1.82, 2.24) is 20.0 Å². The monoisotopic (exact) mass is 324 g/mol. The second-order valence-corrected chi connectivity index (χ2v) is 7.27. The van der Waals surface area contributed by atoms with Gasteiger partial charge in [-0.25, -0.2) is 4.39 Å². The van der Waals surface area contributed by atoms with Crippen molar-refractivity contribution in [3.05, 3.63) is 18.0 Å². The lowest BCUT2D eigenvalue weighted by molar-refractivity contribution is -0.0426. The number of nitrogens with zero attached hydrogens (tertiary/aromatic N) is 3. The minimum absolute atomic E-state index is 0.263. The van der Waals surface area contributed by atoms with Gasteiger partial charge in [0.1, 0.15) is 6.17 Å². The predicted octanol–water partition coefficient (Wildman–Crippen LogP) is 1.88. The number of alkyl halides is 1. The van der Waals surface area contributed by atoms with Crippen LogP contribution in [0.15, 0.2) is 12.4 Å². The number of nitrogens with one attached hydrogen (secondary N) is 1. The second kappa shape index (κ2) is 7.28. The summed E-state index contributed by atoms with van der Waals surface area (Å²) in [5.74, 6) is 0. The fraction of sp³-hybridized carbons (Fsp3) is 0.824. The van der Waals surface area contributed by atoms with Gasteiger partial charge in [-0.2, -0.15) is 5.10 Å². The molecule has 3 heterocycles. The molecule has 0 saturated carbocycles. The van der Waals surface area contributed by atoms with Gasteiger partial charge in [0.15, 0.2) is 0 Å². The Hall–Kier alpha value is -0.980. The Morgan fingerprint density at radius 3 is 2.70 bits per heavy atom. The Morgan fingerprint density at radius 1 is 1.30 bits per heavy atom. The molecule has 2 saturated heterocycles. The van der Waals surface area contributed by atoms with Crippen LogP contribution in [0, 0.1) is 0 Å². The molecule has 6 heteroatoms. The molecule has 1 N–H and O–H groups in total. The summed E-state index contributed by atoms with van der Waals surface area (Å²) in [7, 11) is 1.91. The van der Waals surface area contributed by atoms with Gasteiger partial charge in [0.2, 0.25) is 0 Å². The number of halogens is 1. The summed E-state index contributed by atoms with van der Waals surface area (Å²) in [6.45, 7) is 6.42. The summed E-state index contributed by atoms with van der Waals surface area (Å²) in [5, 5.41) is 7.86. The van der Waals surface area contributed by atoms with Crippen LogP contribution in [-0.2, 0) is 18.3 Å². The molecule has 0 aliphatic carbocycles. The smallest absolute Gasteiger partial charge is 0.114 e. The minimum Gasteiger partial charge on any atom is -0.375 e. The minimum atomic E-state index is -0.717. The number of rotatable bonds is 5. The molecule has 5 atom stereocenters. The number of hydrogen-bond donors (Lipinski definition) is 1. The first kappa shape index (κ1) is 16.9. The third-order valence-corrected chi connectivity index (χ3v) is 4.96. The van der Waals surface area contributed by atoms with Crippen molar-refractivity contribution in [2.75, 3.05) is 13.1 Å². The van der Waals surface area contributed by atoms with Crippen LogP contribution in [0.3, 0.4) is 0 Å². The van der Waals surface area contributed by atoms with E-state index < -0.39 is 6.17 Å². The number of hydrogen-bond acceptors (Lipinski definition) is 4. The highest BCUT2D eigenvalue weighted by atomic mass is 19.1. The van der Waals surface area contributed by atoms with E-state index in [-0.39, 0.29) is 6.04 Å². The molecule has 2 aliphatic rings. The van der Waals surface area contributed by atoms with E-state index >= 15 is 0 Å². The average molecular weight is 324 g/mol. The van der Waals surface area contributed by atoms with Crippen LogP contribution in [0.25, 0.3) is 0 Å². The van der Waals surface area contributed by atoms with Crippen LogP contribution in [-0.4, -0.2) is 58.2 Å². The first-order valence-electron chi connectivity index (χ1n) is 8.74. The maximum Gasteiger partial charge on any atom is 0.114 e. The fourth-order valence-corrected chi connectivity index (χ4v) is 3.99. The highest BCUT2D eigenvalue weighted by Gasteiger charge is 2.33. The number of likely N-dealkylation sites (tertiary alicyclic amines) is 1. The quantitative estimate of drug-likeness (QED) is 0.898. The summed E-state index contributed by atoms with van der Waals surface area (Å²) in [5.41, 5.74) is 1.15. The molecule has 1 aromatic heterocycles. The predicted molar refractivity (Wildman–Crippen MR) is 88.0 cm³/mol. The summed E-state index contributed by atoms with van der Waals surface area (Å²) in [4.78, 5) is 2.25. The van der Waals surface area contributed by atoms with Gasteiger partial charge in [0.05, 0.1) is 18.4 Å². The summed E-state index contributed by atoms with van der Waals surface area (Å²) >= 11 is 0. The average Bonchev–Trinajstić information content (AvgIpc) is 3.02. The zero-order chi connectivity index (χ0) is 16.4. The normalized spacial score (nSPS) is 35.7. The largest absolute Gasteiger partial charge is 0.375 e. The van der Waals surface area contributed by atoms with Gasteiger partial charge in [-0.1, -0.05) is 0 Å². The zero-order valence-electron chi connectivity index (χ0n) is 14.4. The maximum absolute atomic E-state index is 13.9. The highest BCUT2D eigenvalue weighted by molar-refractivity contribution is 5.05. The van der Waals surface area contributed by atoms with Crippen LogP contribution in [0.5, 0.6) is 0 Å². The molecule has 130 valence electrons. The molecular formula is C17H29FN4O. The second-order valence-electron chi connectivity index (χ2n) is 7.27. The van der Waals surface area contributed by atoms with Crippen LogP contribution in [0.2, 0.25) is 0 Å². The van der Waals surface area contributed by atoms with Crippen molar-refractivity contribution in [2.45, 2.75) is 70.1 Å². The fourth-order valence-electron chi connectivity index (χ4n) is 3.99. The van der Waals surface area contributed by atoms with E-state index in [0.29, 0.717) is 31.2 Å². The first-order valence-corrected chi connectivity index (χ1v) is 8.74. The lowest BCUT2D eigenvalue weighted by atomic mass is 9.99. The van der Waals surface area contributed by atoms with Crippen LogP contribution >= 0.6 is 0 Å². The van der Waals surface area contributed by atoms with Crippen LogP contribution in [0.4, 0.5) is 4.39 Å². The van der Waals surface area contributed by atoms with Crippen molar-refractivity contribution in [3.8, 4) is 0 Å². The molecule has 2 fully saturated rings. The van der Waals surface area contributed by atoms with Gasteiger partial charge in [0, 0.05) is 50.5 Å². The van der Waals surface area contributed by atoms with Crippen molar-refractivity contribution < 1.29 is 9.13 Å². The highest BCUT2D eigenvalue weighted by Crippen LogP contribution is 2.24. The van der Waals surface area contributed by atoms with E-state index in [9.17, 15) is 4.39 Å². The number of aromatic nitrogens is 2. The zero-order valence-corrected chi connectivity index (χ0v) is 14.4. The van der Waals surface area contributed by atoms with Gasteiger partial charge in [0.25, 0.3) is 0 Å². The van der Waals surface area contributed by atoms with E-state index in [4.69, 9.17) is 4.74 Å². The Balaban J connectivity index is 1.52. The lowest BCUT2D eigenvalue weighted by Gasteiger charge is -2.34. The SMILES string of the molecule is C[C@@H]1CC(NC[C@@H]2C[C@H](F)CN2Cc2cnn(C)c2)C[C@H](C)O1. The third kappa shape index (κ3) is 4.52. The maximum atomic E-state index is 13.9. The third-order valence-electron chi connectivity index (χ3n) is 4.96. The molecule has 23 heavy (non-hydrogen) atoms. The van der Waals surface area contributed by atoms with E-state index in [1.54, 1.807) is 4.68 Å². The van der Waals surface area contributed by atoms with E-state index in [0.717, 1.165) is 31.5 Å². The van der Waals surface area contributed by atoms with E-state index in [1.807, 2.05) is 19.4 Å². The van der Waals surface area contributed by atoms with Gasteiger partial charge in [-0.05, 0) is 33.1 Å². The van der Waals surface area contributed by atoms with Crippen molar-refractivity contribution in [1.29, 1.82) is 0 Å². The van der Waals surface area contributed by atoms with Crippen molar-refractivity contribution in [3.63, 3.8) is 0 Å². The molecule has 0 aromatic carbocycles. The molecular weight excluding hydrogens is 295 g/mol. The van der Waals surface area contributed by atoms with Gasteiger partial charge in [-0.15, -0.1) is 0 Å². The molecule has 0 radical (unpaired) electrons. The summed E-state index contributed by atoms with van der Waals surface area (Å²) < 4.78 is 21.5. The molecule has 0 bridgehead atoms. The molecule has 3 rings (SSSR count). The Bertz CT molecular complexity index is 499. The Labute approximate surface area is 138 Å². The molecule has 5 nitrogen and oxygen atoms in total. The lowest BCUT2D eigenvalue weighted by Crippen LogP contribution is -2.46. The summed E-state index contributed by atoms with van der Waals surface area (Å²) in [6.07, 6.45) is 6.49. The van der Waals surface area contributed by atoms with Gasteiger partial charge < -0.3 is 10.1 Å². The standard InChI is InChI=1S/C17H29FN4O/c1-12-4-16(5-13(2)23-12)19-8-17-6-15(18)11-22(17)10-14-7-20-21(3)9-14/h7,9,12-13,15-17,19H,4-6,8,10-11H2,1-3H3/t12-,13+,15-,16?,17-/m0/s1.